The van der Waals surface area contributed by atoms with Crippen LogP contribution in [-0.2, 0) is 9.53 Å². The largest absolute Gasteiger partial charge is 0.467 e. The van der Waals surface area contributed by atoms with Gasteiger partial charge in [-0.1, -0.05) is 18.2 Å². The predicted molar refractivity (Wildman–Crippen MR) is 63.0 cm³/mol. The molecule has 1 aromatic carbocycles. The third-order valence-electron chi connectivity index (χ3n) is 2.42. The van der Waals surface area contributed by atoms with E-state index in [0.717, 1.165) is 15.4 Å². The fraction of sp³-hybridized carbons (Fsp3) is 0.182. The Morgan fingerprint density at radius 2 is 2.31 bits per heavy atom. The van der Waals surface area contributed by atoms with Crippen LogP contribution in [0.5, 0.6) is 0 Å². The normalized spacial score (nSPS) is 12.7. The number of methoxy groups -OCH3 is 1. The number of fused-ring (bicyclic) bond motifs is 1. The van der Waals surface area contributed by atoms with E-state index < -0.39 is 12.1 Å². The van der Waals surface area contributed by atoms with Gasteiger partial charge in [-0.15, -0.1) is 0 Å². The summed E-state index contributed by atoms with van der Waals surface area (Å²) in [7, 11) is 1.25. The van der Waals surface area contributed by atoms with E-state index >= 15 is 0 Å². The summed E-state index contributed by atoms with van der Waals surface area (Å²) in [6.07, 6.45) is 0.497. The molecule has 0 saturated carbocycles. The first-order valence-electron chi connectivity index (χ1n) is 4.66. The molecule has 2 aromatic rings. The van der Waals surface area contributed by atoms with Gasteiger partial charge in [0.2, 0.25) is 0 Å². The second-order valence-corrected chi connectivity index (χ2v) is 4.19. The molecule has 0 spiro atoms. The Balaban J connectivity index is 2.56. The van der Waals surface area contributed by atoms with E-state index in [1.165, 1.54) is 7.11 Å². The first-order chi connectivity index (χ1) is 7.65. The molecular weight excluding hydrogens is 274 g/mol. The molecule has 1 unspecified atom stereocenters. The van der Waals surface area contributed by atoms with Crippen molar-refractivity contribution >= 4 is 32.8 Å². The quantitative estimate of drug-likeness (QED) is 0.830. The number of H-pyrrole nitrogens is 1. The number of carbonyl (C=O) groups excluding carboxylic acids is 1. The van der Waals surface area contributed by atoms with Crippen molar-refractivity contribution in [2.75, 3.05) is 7.11 Å². The van der Waals surface area contributed by atoms with E-state index in [-0.39, 0.29) is 0 Å². The molecule has 0 saturated heterocycles. The molecule has 1 atom stereocenters. The Morgan fingerprint density at radius 3 is 3.00 bits per heavy atom. The highest BCUT2D eigenvalue weighted by atomic mass is 79.9. The number of aromatic amines is 1. The Hall–Kier alpha value is -1.33. The molecule has 5 heteroatoms. The minimum atomic E-state index is -1.26. The van der Waals surface area contributed by atoms with Crippen molar-refractivity contribution in [3.05, 3.63) is 34.4 Å². The first kappa shape index (κ1) is 11.2. The van der Waals surface area contributed by atoms with Crippen molar-refractivity contribution in [1.29, 1.82) is 0 Å². The maximum absolute atomic E-state index is 11.3. The highest BCUT2D eigenvalue weighted by molar-refractivity contribution is 9.10. The van der Waals surface area contributed by atoms with Gasteiger partial charge in [0.15, 0.2) is 6.10 Å². The summed E-state index contributed by atoms with van der Waals surface area (Å²) in [5.74, 6) is -0.668. The fourth-order valence-electron chi connectivity index (χ4n) is 1.61. The summed E-state index contributed by atoms with van der Waals surface area (Å²) in [6.45, 7) is 0. The van der Waals surface area contributed by atoms with Crippen LogP contribution in [0.2, 0.25) is 0 Å². The Labute approximate surface area is 100 Å². The molecule has 0 aliphatic heterocycles. The number of ether oxygens (including phenoxy) is 1. The second-order valence-electron chi connectivity index (χ2n) is 3.33. The van der Waals surface area contributed by atoms with Crippen LogP contribution in [0.25, 0.3) is 10.9 Å². The van der Waals surface area contributed by atoms with E-state index in [0.29, 0.717) is 5.56 Å². The zero-order valence-corrected chi connectivity index (χ0v) is 10.1. The Morgan fingerprint density at radius 1 is 1.56 bits per heavy atom. The van der Waals surface area contributed by atoms with Gasteiger partial charge in [0.1, 0.15) is 0 Å². The zero-order chi connectivity index (χ0) is 11.7. The van der Waals surface area contributed by atoms with Crippen LogP contribution in [0, 0.1) is 0 Å². The maximum Gasteiger partial charge on any atom is 0.339 e. The topological polar surface area (TPSA) is 62.3 Å². The molecule has 0 fully saturated rings. The van der Waals surface area contributed by atoms with Crippen molar-refractivity contribution in [3.63, 3.8) is 0 Å². The van der Waals surface area contributed by atoms with Crippen LogP contribution >= 0.6 is 15.9 Å². The van der Waals surface area contributed by atoms with E-state index in [4.69, 9.17) is 0 Å². The van der Waals surface area contributed by atoms with Crippen LogP contribution in [0.15, 0.2) is 28.9 Å². The number of aliphatic hydroxyl groups is 1. The summed E-state index contributed by atoms with van der Waals surface area (Å²) in [6, 6.07) is 5.36. The molecule has 4 nitrogen and oxygen atoms in total. The molecule has 84 valence electrons. The molecule has 0 aliphatic rings. The highest BCUT2D eigenvalue weighted by Crippen LogP contribution is 2.29. The smallest absolute Gasteiger partial charge is 0.339 e. The molecule has 0 radical (unpaired) electrons. The lowest BCUT2D eigenvalue weighted by molar-refractivity contribution is -0.150. The minimum Gasteiger partial charge on any atom is -0.467 e. The number of hydrogen-bond donors (Lipinski definition) is 2. The minimum absolute atomic E-state index is 0.509. The number of aromatic nitrogens is 1. The lowest BCUT2D eigenvalue weighted by atomic mass is 10.1. The molecule has 0 bridgehead atoms. The van der Waals surface area contributed by atoms with Gasteiger partial charge in [-0.2, -0.15) is 0 Å². The lowest BCUT2D eigenvalue weighted by Gasteiger charge is -2.09. The van der Waals surface area contributed by atoms with Crippen LogP contribution in [-0.4, -0.2) is 23.2 Å². The standard InChI is InChI=1S/C11H10BrNO3/c1-16-11(15)10(14)7-4-2-3-6-8(12)5-13-9(6)7/h2-5,10,13-14H,1H3. The summed E-state index contributed by atoms with van der Waals surface area (Å²) in [5.41, 5.74) is 1.24. The number of halogens is 1. The number of para-hydroxylation sites is 1. The zero-order valence-electron chi connectivity index (χ0n) is 8.53. The van der Waals surface area contributed by atoms with Gasteiger partial charge in [0.05, 0.1) is 12.6 Å². The monoisotopic (exact) mass is 283 g/mol. The Bertz CT molecular complexity index is 535. The second kappa shape index (κ2) is 4.27. The number of rotatable bonds is 2. The van der Waals surface area contributed by atoms with Gasteiger partial charge in [0, 0.05) is 21.6 Å². The molecule has 0 aliphatic carbocycles. The molecule has 1 aromatic heterocycles. The van der Waals surface area contributed by atoms with Crippen molar-refractivity contribution in [1.82, 2.24) is 4.98 Å². The number of esters is 1. The SMILES string of the molecule is COC(=O)C(O)c1cccc2c(Br)c[nH]c12. The predicted octanol–water partition coefficient (Wildman–Crippen LogP) is 2.14. The molecule has 1 heterocycles. The van der Waals surface area contributed by atoms with E-state index in [2.05, 4.69) is 25.7 Å². The molecular formula is C11H10BrNO3. The van der Waals surface area contributed by atoms with Gasteiger partial charge in [-0.3, -0.25) is 0 Å². The molecule has 2 rings (SSSR count). The first-order valence-corrected chi connectivity index (χ1v) is 5.46. The van der Waals surface area contributed by atoms with Crippen molar-refractivity contribution in [3.8, 4) is 0 Å². The fourth-order valence-corrected chi connectivity index (χ4v) is 2.05. The average Bonchev–Trinajstić information content (AvgIpc) is 2.69. The number of aliphatic hydroxyl groups excluding tert-OH is 1. The van der Waals surface area contributed by atoms with Gasteiger partial charge in [-0.25, -0.2) is 4.79 Å². The lowest BCUT2D eigenvalue weighted by Crippen LogP contribution is -2.13. The third-order valence-corrected chi connectivity index (χ3v) is 3.07. The van der Waals surface area contributed by atoms with Crippen molar-refractivity contribution < 1.29 is 14.6 Å². The van der Waals surface area contributed by atoms with Crippen molar-refractivity contribution in [2.45, 2.75) is 6.10 Å². The van der Waals surface area contributed by atoms with E-state index in [1.54, 1.807) is 18.3 Å². The summed E-state index contributed by atoms with van der Waals surface area (Å²) >= 11 is 3.38. The van der Waals surface area contributed by atoms with Gasteiger partial charge in [0.25, 0.3) is 0 Å². The van der Waals surface area contributed by atoms with Gasteiger partial charge in [-0.05, 0) is 15.9 Å². The number of benzene rings is 1. The average molecular weight is 284 g/mol. The highest BCUT2D eigenvalue weighted by Gasteiger charge is 2.21. The summed E-state index contributed by atoms with van der Waals surface area (Å²) < 4.78 is 5.40. The molecule has 2 N–H and O–H groups in total. The van der Waals surface area contributed by atoms with E-state index in [1.807, 2.05) is 6.07 Å². The third kappa shape index (κ3) is 1.72. The summed E-state index contributed by atoms with van der Waals surface area (Å²) in [5, 5.41) is 10.7. The molecule has 16 heavy (non-hydrogen) atoms. The van der Waals surface area contributed by atoms with Crippen LogP contribution in [0.3, 0.4) is 0 Å². The van der Waals surface area contributed by atoms with Crippen LogP contribution < -0.4 is 0 Å². The summed E-state index contributed by atoms with van der Waals surface area (Å²) in [4.78, 5) is 14.3. The Kier molecular flexibility index (Phi) is 2.98. The molecule has 0 amide bonds. The number of nitrogens with one attached hydrogen (secondary N) is 1. The maximum atomic E-state index is 11.3. The van der Waals surface area contributed by atoms with E-state index in [9.17, 15) is 9.90 Å². The van der Waals surface area contributed by atoms with Gasteiger partial charge < -0.3 is 14.8 Å². The van der Waals surface area contributed by atoms with Gasteiger partial charge >= 0.3 is 5.97 Å². The number of carbonyl (C=O) groups is 1. The number of hydrogen-bond acceptors (Lipinski definition) is 3. The van der Waals surface area contributed by atoms with Crippen molar-refractivity contribution in [2.24, 2.45) is 0 Å². The van der Waals surface area contributed by atoms with Crippen LogP contribution in [0.1, 0.15) is 11.7 Å². The van der Waals surface area contributed by atoms with Crippen LogP contribution in [0.4, 0.5) is 0 Å².